The van der Waals surface area contributed by atoms with Crippen LogP contribution in [0.3, 0.4) is 0 Å². The Balaban J connectivity index is 1.59. The normalized spacial score (nSPS) is 16.5. The number of likely N-dealkylation sites (tertiary alicyclic amines) is 1. The van der Waals surface area contributed by atoms with E-state index in [1.165, 1.54) is 18.4 Å². The lowest BCUT2D eigenvalue weighted by Gasteiger charge is -2.28. The molecule has 6 heteroatoms. The average molecular weight is 386 g/mol. The van der Waals surface area contributed by atoms with Crippen molar-refractivity contribution in [1.29, 1.82) is 0 Å². The second kappa shape index (κ2) is 6.91. The summed E-state index contributed by atoms with van der Waals surface area (Å²) in [5.41, 5.74) is 2.33. The van der Waals surface area contributed by atoms with Crippen LogP contribution < -0.4 is 5.32 Å². The molecule has 2 aromatic heterocycles. The van der Waals surface area contributed by atoms with Crippen LogP contribution in [0.15, 0.2) is 53.4 Å². The third kappa shape index (κ3) is 3.03. The number of benzene rings is 1. The van der Waals surface area contributed by atoms with Crippen molar-refractivity contribution in [3.8, 4) is 0 Å². The fraction of sp³-hybridized carbons (Fsp3) is 0.333. The highest BCUT2D eigenvalue weighted by Gasteiger charge is 2.23. The van der Waals surface area contributed by atoms with Crippen LogP contribution in [-0.2, 0) is 0 Å². The highest BCUT2D eigenvalue weighted by atomic mass is 79.9. The fourth-order valence-electron chi connectivity index (χ4n) is 3.42. The van der Waals surface area contributed by atoms with Crippen molar-refractivity contribution in [1.82, 2.24) is 19.5 Å². The predicted molar refractivity (Wildman–Crippen MR) is 99.2 cm³/mol. The van der Waals surface area contributed by atoms with E-state index in [9.17, 15) is 0 Å². The third-order valence-electron chi connectivity index (χ3n) is 4.62. The summed E-state index contributed by atoms with van der Waals surface area (Å²) in [7, 11) is 0. The van der Waals surface area contributed by atoms with Crippen LogP contribution in [0.5, 0.6) is 0 Å². The van der Waals surface area contributed by atoms with Crippen molar-refractivity contribution in [2.75, 3.05) is 25.0 Å². The Morgan fingerprint density at radius 3 is 2.75 bits per heavy atom. The standard InChI is InChI=1S/C18H20BrN5/c19-15-12-22-24-11-8-20-18(17(15)24)21-13-16(23-9-4-5-10-23)14-6-2-1-3-7-14/h1-3,6-8,11-12,16H,4-5,9-10,13H2,(H,20,21). The van der Waals surface area contributed by atoms with Gasteiger partial charge in [-0.05, 0) is 47.4 Å². The first-order chi connectivity index (χ1) is 11.8. The summed E-state index contributed by atoms with van der Waals surface area (Å²) >= 11 is 3.56. The second-order valence-corrected chi connectivity index (χ2v) is 6.97. The molecule has 0 spiro atoms. The molecule has 0 bridgehead atoms. The molecule has 24 heavy (non-hydrogen) atoms. The summed E-state index contributed by atoms with van der Waals surface area (Å²) in [6.45, 7) is 3.15. The molecule has 1 aliphatic rings. The van der Waals surface area contributed by atoms with Gasteiger partial charge in [-0.15, -0.1) is 0 Å². The minimum absolute atomic E-state index is 0.359. The van der Waals surface area contributed by atoms with Gasteiger partial charge in [0.2, 0.25) is 0 Å². The predicted octanol–water partition coefficient (Wildman–Crippen LogP) is 3.74. The van der Waals surface area contributed by atoms with Crippen LogP contribution in [0.2, 0.25) is 0 Å². The summed E-state index contributed by atoms with van der Waals surface area (Å²) in [5, 5.41) is 7.87. The molecular weight excluding hydrogens is 366 g/mol. The van der Waals surface area contributed by atoms with Crippen molar-refractivity contribution in [3.05, 3.63) is 59.0 Å². The lowest BCUT2D eigenvalue weighted by atomic mass is 10.1. The van der Waals surface area contributed by atoms with E-state index >= 15 is 0 Å². The van der Waals surface area contributed by atoms with Crippen LogP contribution in [-0.4, -0.2) is 39.1 Å². The van der Waals surface area contributed by atoms with Crippen LogP contribution in [0, 0.1) is 0 Å². The number of nitrogens with one attached hydrogen (secondary N) is 1. The summed E-state index contributed by atoms with van der Waals surface area (Å²) in [4.78, 5) is 7.08. The lowest BCUT2D eigenvalue weighted by molar-refractivity contribution is 0.256. The van der Waals surface area contributed by atoms with Crippen molar-refractivity contribution >= 4 is 27.3 Å². The molecule has 0 radical (unpaired) electrons. The molecule has 0 saturated carbocycles. The zero-order chi connectivity index (χ0) is 16.4. The summed E-state index contributed by atoms with van der Waals surface area (Å²) < 4.78 is 2.79. The Labute approximate surface area is 149 Å². The van der Waals surface area contributed by atoms with Gasteiger partial charge in [-0.25, -0.2) is 9.50 Å². The first-order valence-corrected chi connectivity index (χ1v) is 9.13. The van der Waals surface area contributed by atoms with Gasteiger partial charge < -0.3 is 5.32 Å². The van der Waals surface area contributed by atoms with Crippen LogP contribution in [0.4, 0.5) is 5.82 Å². The first kappa shape index (κ1) is 15.6. The molecule has 1 fully saturated rings. The van der Waals surface area contributed by atoms with Gasteiger partial charge in [-0.2, -0.15) is 5.10 Å². The molecule has 1 unspecified atom stereocenters. The minimum atomic E-state index is 0.359. The zero-order valence-corrected chi connectivity index (χ0v) is 15.0. The first-order valence-electron chi connectivity index (χ1n) is 8.33. The summed E-state index contributed by atoms with van der Waals surface area (Å²) in [6, 6.07) is 11.1. The van der Waals surface area contributed by atoms with E-state index in [1.54, 1.807) is 12.4 Å². The molecule has 4 rings (SSSR count). The average Bonchev–Trinajstić information content (AvgIpc) is 3.27. The zero-order valence-electron chi connectivity index (χ0n) is 13.4. The summed E-state index contributed by atoms with van der Waals surface area (Å²) in [6.07, 6.45) is 8.01. The molecular formula is C18H20BrN5. The molecule has 0 amide bonds. The topological polar surface area (TPSA) is 45.5 Å². The van der Waals surface area contributed by atoms with Gasteiger partial charge in [0, 0.05) is 18.9 Å². The van der Waals surface area contributed by atoms with Crippen LogP contribution in [0.1, 0.15) is 24.4 Å². The van der Waals surface area contributed by atoms with Gasteiger partial charge in [-0.3, -0.25) is 4.90 Å². The van der Waals surface area contributed by atoms with Gasteiger partial charge in [-0.1, -0.05) is 30.3 Å². The Kier molecular flexibility index (Phi) is 4.49. The quantitative estimate of drug-likeness (QED) is 0.726. The molecule has 1 aromatic carbocycles. The van der Waals surface area contributed by atoms with Gasteiger partial charge in [0.05, 0.1) is 16.7 Å². The number of nitrogens with zero attached hydrogens (tertiary/aromatic N) is 4. The molecule has 124 valence electrons. The van der Waals surface area contributed by atoms with Crippen molar-refractivity contribution in [2.45, 2.75) is 18.9 Å². The van der Waals surface area contributed by atoms with Crippen LogP contribution in [0.25, 0.3) is 5.52 Å². The Morgan fingerprint density at radius 2 is 1.96 bits per heavy atom. The summed E-state index contributed by atoms with van der Waals surface area (Å²) in [5.74, 6) is 0.863. The molecule has 1 N–H and O–H groups in total. The lowest BCUT2D eigenvalue weighted by Crippen LogP contribution is -2.31. The van der Waals surface area contributed by atoms with E-state index in [0.29, 0.717) is 6.04 Å². The molecule has 5 nitrogen and oxygen atoms in total. The van der Waals surface area contributed by atoms with E-state index in [1.807, 2.05) is 10.7 Å². The molecule has 3 aromatic rings. The maximum absolute atomic E-state index is 4.51. The Morgan fingerprint density at radius 1 is 1.17 bits per heavy atom. The van der Waals surface area contributed by atoms with Gasteiger partial charge >= 0.3 is 0 Å². The van der Waals surface area contributed by atoms with E-state index in [0.717, 1.165) is 35.4 Å². The van der Waals surface area contributed by atoms with Gasteiger partial charge in [0.25, 0.3) is 0 Å². The number of hydrogen-bond donors (Lipinski definition) is 1. The van der Waals surface area contributed by atoms with Gasteiger partial charge in [0.1, 0.15) is 5.52 Å². The third-order valence-corrected chi connectivity index (χ3v) is 5.20. The largest absolute Gasteiger partial charge is 0.366 e. The number of aromatic nitrogens is 3. The van der Waals surface area contributed by atoms with Crippen molar-refractivity contribution in [2.24, 2.45) is 0 Å². The molecule has 0 aliphatic carbocycles. The maximum Gasteiger partial charge on any atom is 0.153 e. The number of hydrogen-bond acceptors (Lipinski definition) is 4. The number of fused-ring (bicyclic) bond motifs is 1. The van der Waals surface area contributed by atoms with Crippen LogP contribution >= 0.6 is 15.9 Å². The molecule has 1 aliphatic heterocycles. The van der Waals surface area contributed by atoms with E-state index in [-0.39, 0.29) is 0 Å². The smallest absolute Gasteiger partial charge is 0.153 e. The van der Waals surface area contributed by atoms with E-state index in [4.69, 9.17) is 0 Å². The van der Waals surface area contributed by atoms with Gasteiger partial charge in [0.15, 0.2) is 5.82 Å². The number of halogens is 1. The second-order valence-electron chi connectivity index (χ2n) is 6.11. The number of rotatable bonds is 5. The number of anilines is 1. The van der Waals surface area contributed by atoms with Crippen molar-refractivity contribution < 1.29 is 0 Å². The molecule has 1 atom stereocenters. The monoisotopic (exact) mass is 385 g/mol. The SMILES string of the molecule is Brc1cnn2ccnc(NCC(c3ccccc3)N3CCCC3)c12. The molecule has 3 heterocycles. The Bertz CT molecular complexity index is 811. The van der Waals surface area contributed by atoms with Crippen molar-refractivity contribution in [3.63, 3.8) is 0 Å². The van der Waals surface area contributed by atoms with E-state index in [2.05, 4.69) is 66.6 Å². The Hall–Kier alpha value is -1.92. The highest BCUT2D eigenvalue weighted by Crippen LogP contribution is 2.27. The highest BCUT2D eigenvalue weighted by molar-refractivity contribution is 9.10. The molecule has 1 saturated heterocycles. The van der Waals surface area contributed by atoms with E-state index < -0.39 is 0 Å². The maximum atomic E-state index is 4.51. The fourth-order valence-corrected chi connectivity index (χ4v) is 3.88. The minimum Gasteiger partial charge on any atom is -0.366 e.